The standard InChI is InChI=1S/C18H26N2O3.ClH/c1-13(21)15-5-4-6-16(11-15)23-14(2)17(22)20-12-18(3)7-9-19-10-8-18;/h4-6,11,14,19H,7-10,12H2,1-3H3,(H,20,22);1H. The summed E-state index contributed by atoms with van der Waals surface area (Å²) in [6.07, 6.45) is 1.52. The lowest BCUT2D eigenvalue weighted by molar-refractivity contribution is -0.127. The van der Waals surface area contributed by atoms with Crippen LogP contribution in [0.25, 0.3) is 0 Å². The molecule has 1 atom stereocenters. The maximum absolute atomic E-state index is 12.2. The molecule has 0 bridgehead atoms. The number of rotatable bonds is 6. The van der Waals surface area contributed by atoms with Crippen molar-refractivity contribution in [3.05, 3.63) is 29.8 Å². The van der Waals surface area contributed by atoms with E-state index in [1.165, 1.54) is 6.92 Å². The van der Waals surface area contributed by atoms with Gasteiger partial charge in [-0.1, -0.05) is 19.1 Å². The number of carbonyl (C=O) groups excluding carboxylic acids is 2. The van der Waals surface area contributed by atoms with Crippen LogP contribution in [0.3, 0.4) is 0 Å². The molecule has 1 amide bonds. The fraction of sp³-hybridized carbons (Fsp3) is 0.556. The minimum Gasteiger partial charge on any atom is -0.481 e. The van der Waals surface area contributed by atoms with Crippen LogP contribution in [0.2, 0.25) is 0 Å². The summed E-state index contributed by atoms with van der Waals surface area (Å²) in [6, 6.07) is 6.91. The number of Topliss-reactive ketones (excluding diaryl/α,β-unsaturated/α-hetero) is 1. The molecule has 1 unspecified atom stereocenters. The van der Waals surface area contributed by atoms with Crippen LogP contribution in [0.5, 0.6) is 5.75 Å². The number of amides is 1. The second-order valence-electron chi connectivity index (χ2n) is 6.62. The van der Waals surface area contributed by atoms with Crippen LogP contribution < -0.4 is 15.4 Å². The first kappa shape index (κ1) is 20.5. The van der Waals surface area contributed by atoms with Gasteiger partial charge in [0.15, 0.2) is 11.9 Å². The Kier molecular flexibility index (Phi) is 7.70. The highest BCUT2D eigenvalue weighted by molar-refractivity contribution is 5.94. The number of carbonyl (C=O) groups is 2. The first-order valence-electron chi connectivity index (χ1n) is 8.16. The monoisotopic (exact) mass is 354 g/mol. The predicted octanol–water partition coefficient (Wildman–Crippen LogP) is 2.58. The third kappa shape index (κ3) is 5.80. The third-order valence-electron chi connectivity index (χ3n) is 4.42. The summed E-state index contributed by atoms with van der Waals surface area (Å²) >= 11 is 0. The Morgan fingerprint density at radius 3 is 2.62 bits per heavy atom. The molecule has 1 aliphatic heterocycles. The summed E-state index contributed by atoms with van der Waals surface area (Å²) in [6.45, 7) is 8.09. The summed E-state index contributed by atoms with van der Waals surface area (Å²) in [5.41, 5.74) is 0.729. The van der Waals surface area contributed by atoms with E-state index in [-0.39, 0.29) is 29.5 Å². The molecular formula is C18H27ClN2O3. The summed E-state index contributed by atoms with van der Waals surface area (Å²) < 4.78 is 5.66. The highest BCUT2D eigenvalue weighted by atomic mass is 35.5. The van der Waals surface area contributed by atoms with Gasteiger partial charge in [-0.2, -0.15) is 0 Å². The van der Waals surface area contributed by atoms with Crippen LogP contribution in [-0.4, -0.2) is 37.4 Å². The number of piperidine rings is 1. The number of halogens is 1. The van der Waals surface area contributed by atoms with E-state index in [0.717, 1.165) is 25.9 Å². The lowest BCUT2D eigenvalue weighted by atomic mass is 9.81. The Hall–Kier alpha value is -1.59. The maximum Gasteiger partial charge on any atom is 0.260 e. The molecule has 1 saturated heterocycles. The number of benzene rings is 1. The minimum absolute atomic E-state index is 0. The number of ketones is 1. The van der Waals surface area contributed by atoms with E-state index in [4.69, 9.17) is 4.74 Å². The molecule has 0 saturated carbocycles. The zero-order valence-electron chi connectivity index (χ0n) is 14.6. The van der Waals surface area contributed by atoms with Gasteiger partial charge in [-0.15, -0.1) is 12.4 Å². The molecule has 0 radical (unpaired) electrons. The van der Waals surface area contributed by atoms with Crippen molar-refractivity contribution in [1.29, 1.82) is 0 Å². The number of ether oxygens (including phenoxy) is 1. The number of hydrogen-bond donors (Lipinski definition) is 2. The molecule has 24 heavy (non-hydrogen) atoms. The molecule has 2 N–H and O–H groups in total. The van der Waals surface area contributed by atoms with Gasteiger partial charge in [-0.05, 0) is 57.3 Å². The van der Waals surface area contributed by atoms with Crippen LogP contribution >= 0.6 is 12.4 Å². The molecule has 1 fully saturated rings. The summed E-state index contributed by atoms with van der Waals surface area (Å²) in [5.74, 6) is 0.387. The number of nitrogens with one attached hydrogen (secondary N) is 2. The van der Waals surface area contributed by atoms with Crippen LogP contribution in [0, 0.1) is 5.41 Å². The van der Waals surface area contributed by atoms with Gasteiger partial charge in [0, 0.05) is 12.1 Å². The Balaban J connectivity index is 0.00000288. The summed E-state index contributed by atoms with van der Waals surface area (Å²) in [5, 5.41) is 6.32. The van der Waals surface area contributed by atoms with Gasteiger partial charge in [0.25, 0.3) is 5.91 Å². The second-order valence-corrected chi connectivity index (χ2v) is 6.62. The molecule has 1 heterocycles. The molecule has 1 aromatic rings. The SMILES string of the molecule is CC(=O)c1cccc(OC(C)C(=O)NCC2(C)CCNCC2)c1.Cl. The van der Waals surface area contributed by atoms with Crippen molar-refractivity contribution < 1.29 is 14.3 Å². The quantitative estimate of drug-likeness (QED) is 0.770. The van der Waals surface area contributed by atoms with Crippen LogP contribution in [0.15, 0.2) is 24.3 Å². The summed E-state index contributed by atoms with van der Waals surface area (Å²) in [7, 11) is 0. The van der Waals surface area contributed by atoms with Gasteiger partial charge < -0.3 is 15.4 Å². The van der Waals surface area contributed by atoms with Gasteiger partial charge in [-0.25, -0.2) is 0 Å². The van der Waals surface area contributed by atoms with Crippen molar-refractivity contribution in [1.82, 2.24) is 10.6 Å². The maximum atomic E-state index is 12.2. The molecule has 6 heteroatoms. The molecule has 1 aliphatic rings. The average molecular weight is 355 g/mol. The fourth-order valence-electron chi connectivity index (χ4n) is 2.70. The van der Waals surface area contributed by atoms with Crippen molar-refractivity contribution in [3.63, 3.8) is 0 Å². The lowest BCUT2D eigenvalue weighted by Gasteiger charge is -2.34. The smallest absolute Gasteiger partial charge is 0.260 e. The van der Waals surface area contributed by atoms with Crippen LogP contribution in [-0.2, 0) is 4.79 Å². The molecular weight excluding hydrogens is 328 g/mol. The highest BCUT2D eigenvalue weighted by Crippen LogP contribution is 2.26. The minimum atomic E-state index is -0.595. The van der Waals surface area contributed by atoms with E-state index in [1.807, 2.05) is 0 Å². The highest BCUT2D eigenvalue weighted by Gasteiger charge is 2.28. The Morgan fingerprint density at radius 1 is 1.33 bits per heavy atom. The van der Waals surface area contributed by atoms with Crippen molar-refractivity contribution in [2.45, 2.75) is 39.7 Å². The van der Waals surface area contributed by atoms with Gasteiger partial charge in [0.1, 0.15) is 5.75 Å². The normalized spacial score (nSPS) is 17.3. The van der Waals surface area contributed by atoms with Crippen molar-refractivity contribution >= 4 is 24.1 Å². The van der Waals surface area contributed by atoms with Gasteiger partial charge in [-0.3, -0.25) is 9.59 Å². The Labute approximate surface area is 149 Å². The first-order chi connectivity index (χ1) is 10.9. The van der Waals surface area contributed by atoms with Crippen molar-refractivity contribution in [2.24, 2.45) is 5.41 Å². The van der Waals surface area contributed by atoms with Gasteiger partial charge in [0.05, 0.1) is 0 Å². The van der Waals surface area contributed by atoms with E-state index in [1.54, 1.807) is 31.2 Å². The second kappa shape index (κ2) is 9.04. The predicted molar refractivity (Wildman–Crippen MR) is 97.0 cm³/mol. The Bertz CT molecular complexity index is 571. The average Bonchev–Trinajstić information content (AvgIpc) is 2.53. The van der Waals surface area contributed by atoms with E-state index in [2.05, 4.69) is 17.6 Å². The molecule has 134 valence electrons. The molecule has 5 nitrogen and oxygen atoms in total. The van der Waals surface area contributed by atoms with Crippen LogP contribution in [0.4, 0.5) is 0 Å². The molecule has 2 rings (SSSR count). The molecule has 0 spiro atoms. The largest absolute Gasteiger partial charge is 0.481 e. The van der Waals surface area contributed by atoms with E-state index >= 15 is 0 Å². The molecule has 0 aromatic heterocycles. The zero-order valence-corrected chi connectivity index (χ0v) is 15.4. The molecule has 0 aliphatic carbocycles. The topological polar surface area (TPSA) is 67.4 Å². The summed E-state index contributed by atoms with van der Waals surface area (Å²) in [4.78, 5) is 23.6. The van der Waals surface area contributed by atoms with Crippen molar-refractivity contribution in [3.8, 4) is 5.75 Å². The third-order valence-corrected chi connectivity index (χ3v) is 4.42. The zero-order chi connectivity index (χ0) is 16.9. The lowest BCUT2D eigenvalue weighted by Crippen LogP contribution is -2.45. The Morgan fingerprint density at radius 2 is 2.00 bits per heavy atom. The van der Waals surface area contributed by atoms with Gasteiger partial charge in [0.2, 0.25) is 0 Å². The van der Waals surface area contributed by atoms with Gasteiger partial charge >= 0.3 is 0 Å². The number of hydrogen-bond acceptors (Lipinski definition) is 4. The van der Waals surface area contributed by atoms with E-state index in [9.17, 15) is 9.59 Å². The van der Waals surface area contributed by atoms with Crippen LogP contribution in [0.1, 0.15) is 44.0 Å². The van der Waals surface area contributed by atoms with E-state index < -0.39 is 6.10 Å². The first-order valence-corrected chi connectivity index (χ1v) is 8.16. The van der Waals surface area contributed by atoms with Crippen molar-refractivity contribution in [2.75, 3.05) is 19.6 Å². The molecule has 1 aromatic carbocycles. The fourth-order valence-corrected chi connectivity index (χ4v) is 2.70. The van der Waals surface area contributed by atoms with E-state index in [0.29, 0.717) is 17.9 Å².